The van der Waals surface area contributed by atoms with Crippen molar-refractivity contribution in [3.63, 3.8) is 0 Å². The first-order chi connectivity index (χ1) is 14.2. The van der Waals surface area contributed by atoms with Crippen LogP contribution >= 0.6 is 0 Å². The molecule has 0 aliphatic carbocycles. The number of ether oxygens (including phenoxy) is 2. The van der Waals surface area contributed by atoms with Crippen LogP contribution < -0.4 is 5.32 Å². The second kappa shape index (κ2) is 13.0. The molecule has 0 aliphatic rings. The molecule has 0 saturated heterocycles. The standard InChI is InChI=1S/C24H37NO5/c1-6-8-9-10-11-12-17-25-19-15-13-18(14-16-19)21(26)20(22(27)29-7-2)23(28)30-24(3,4)5/h13-16,20,25H,6-12,17H2,1-5H3. The van der Waals surface area contributed by atoms with E-state index >= 15 is 0 Å². The molecule has 1 N–H and O–H groups in total. The van der Waals surface area contributed by atoms with Gasteiger partial charge in [0.15, 0.2) is 5.78 Å². The second-order valence-corrected chi connectivity index (χ2v) is 8.35. The summed E-state index contributed by atoms with van der Waals surface area (Å²) in [5, 5.41) is 3.33. The van der Waals surface area contributed by atoms with Crippen LogP contribution in [0.1, 0.15) is 83.5 Å². The van der Waals surface area contributed by atoms with Gasteiger partial charge < -0.3 is 14.8 Å². The number of anilines is 1. The third kappa shape index (κ3) is 9.42. The Kier molecular flexibility index (Phi) is 11.2. The third-order valence-corrected chi connectivity index (χ3v) is 4.46. The van der Waals surface area contributed by atoms with Gasteiger partial charge in [0.05, 0.1) is 6.61 Å². The summed E-state index contributed by atoms with van der Waals surface area (Å²) in [6.07, 6.45) is 7.36. The van der Waals surface area contributed by atoms with Crippen molar-refractivity contribution in [2.75, 3.05) is 18.5 Å². The van der Waals surface area contributed by atoms with E-state index in [0.29, 0.717) is 0 Å². The fourth-order valence-electron chi connectivity index (χ4n) is 2.95. The van der Waals surface area contributed by atoms with Gasteiger partial charge >= 0.3 is 11.9 Å². The van der Waals surface area contributed by atoms with Gasteiger partial charge in [-0.05, 0) is 58.4 Å². The molecule has 0 aromatic heterocycles. The molecule has 1 atom stereocenters. The molecule has 6 heteroatoms. The van der Waals surface area contributed by atoms with Crippen LogP contribution in [0.2, 0.25) is 0 Å². The number of ketones is 1. The maximum absolute atomic E-state index is 12.9. The molecule has 0 spiro atoms. The Balaban J connectivity index is 2.71. The zero-order valence-electron chi connectivity index (χ0n) is 19.1. The molecule has 1 aromatic rings. The first-order valence-electron chi connectivity index (χ1n) is 11.0. The van der Waals surface area contributed by atoms with Crippen LogP contribution in [0.5, 0.6) is 0 Å². The molecule has 0 amide bonds. The van der Waals surface area contributed by atoms with E-state index in [1.54, 1.807) is 52.0 Å². The quantitative estimate of drug-likeness (QED) is 0.206. The van der Waals surface area contributed by atoms with Gasteiger partial charge in [-0.1, -0.05) is 39.0 Å². The topological polar surface area (TPSA) is 81.7 Å². The summed E-state index contributed by atoms with van der Waals surface area (Å²) in [7, 11) is 0. The smallest absolute Gasteiger partial charge is 0.328 e. The molecule has 30 heavy (non-hydrogen) atoms. The van der Waals surface area contributed by atoms with Crippen molar-refractivity contribution in [3.8, 4) is 0 Å². The first kappa shape index (κ1) is 25.7. The predicted octanol–water partition coefficient (Wildman–Crippen LogP) is 5.16. The molecule has 0 saturated carbocycles. The van der Waals surface area contributed by atoms with E-state index in [9.17, 15) is 14.4 Å². The van der Waals surface area contributed by atoms with Crippen LogP contribution in [0.15, 0.2) is 24.3 Å². The minimum atomic E-state index is -1.62. The molecule has 0 heterocycles. The Morgan fingerprint density at radius 3 is 2.07 bits per heavy atom. The first-order valence-corrected chi connectivity index (χ1v) is 11.0. The Hall–Kier alpha value is -2.37. The predicted molar refractivity (Wildman–Crippen MR) is 119 cm³/mol. The number of Topliss-reactive ketones (excluding diaryl/α,β-unsaturated/α-hetero) is 1. The fraction of sp³-hybridized carbons (Fsp3) is 0.625. The Labute approximate surface area is 180 Å². The molecule has 0 bridgehead atoms. The fourth-order valence-corrected chi connectivity index (χ4v) is 2.95. The highest BCUT2D eigenvalue weighted by atomic mass is 16.6. The van der Waals surface area contributed by atoms with Crippen molar-refractivity contribution >= 4 is 23.4 Å². The Morgan fingerprint density at radius 2 is 1.50 bits per heavy atom. The van der Waals surface area contributed by atoms with Gasteiger partial charge in [0.2, 0.25) is 5.92 Å². The van der Waals surface area contributed by atoms with E-state index < -0.39 is 29.2 Å². The zero-order chi connectivity index (χ0) is 22.6. The van der Waals surface area contributed by atoms with Gasteiger partial charge in [0.25, 0.3) is 0 Å². The van der Waals surface area contributed by atoms with Gasteiger partial charge in [-0.25, -0.2) is 0 Å². The van der Waals surface area contributed by atoms with Crippen LogP contribution in [0, 0.1) is 5.92 Å². The molecular weight excluding hydrogens is 382 g/mol. The van der Waals surface area contributed by atoms with Crippen LogP contribution in [-0.4, -0.2) is 36.5 Å². The molecular formula is C24H37NO5. The normalized spacial score (nSPS) is 12.2. The summed E-state index contributed by atoms with van der Waals surface area (Å²) in [6, 6.07) is 6.79. The van der Waals surface area contributed by atoms with Crippen LogP contribution in [0.25, 0.3) is 0 Å². The minimum absolute atomic E-state index is 0.0761. The molecule has 0 fully saturated rings. The van der Waals surface area contributed by atoms with Crippen molar-refractivity contribution in [1.82, 2.24) is 0 Å². The van der Waals surface area contributed by atoms with Crippen LogP contribution in [0.3, 0.4) is 0 Å². The average Bonchev–Trinajstić information content (AvgIpc) is 2.66. The van der Waals surface area contributed by atoms with E-state index in [2.05, 4.69) is 12.2 Å². The summed E-state index contributed by atoms with van der Waals surface area (Å²) in [6.45, 7) is 9.82. The van der Waals surface area contributed by atoms with Crippen molar-refractivity contribution < 1.29 is 23.9 Å². The highest BCUT2D eigenvalue weighted by Crippen LogP contribution is 2.19. The van der Waals surface area contributed by atoms with E-state index in [1.807, 2.05) is 0 Å². The van der Waals surface area contributed by atoms with Crippen LogP contribution in [-0.2, 0) is 19.1 Å². The van der Waals surface area contributed by atoms with Crippen molar-refractivity contribution in [2.45, 2.75) is 78.7 Å². The van der Waals surface area contributed by atoms with Gasteiger partial charge in [0, 0.05) is 17.8 Å². The molecule has 0 radical (unpaired) electrons. The van der Waals surface area contributed by atoms with Crippen molar-refractivity contribution in [1.29, 1.82) is 0 Å². The van der Waals surface area contributed by atoms with Gasteiger partial charge in [-0.2, -0.15) is 0 Å². The van der Waals surface area contributed by atoms with E-state index in [1.165, 1.54) is 32.1 Å². The number of benzene rings is 1. The van der Waals surface area contributed by atoms with Gasteiger partial charge in [-0.3, -0.25) is 14.4 Å². The number of hydrogen-bond acceptors (Lipinski definition) is 6. The summed E-state index contributed by atoms with van der Waals surface area (Å²) in [5.41, 5.74) is 0.348. The molecule has 1 rings (SSSR count). The van der Waals surface area contributed by atoms with Gasteiger partial charge in [0.1, 0.15) is 5.60 Å². The SMILES string of the molecule is CCCCCCCCNc1ccc(C(=O)C(C(=O)OCC)C(=O)OC(C)(C)C)cc1. The number of carbonyl (C=O) groups excluding carboxylic acids is 3. The number of nitrogens with one attached hydrogen (secondary N) is 1. The summed E-state index contributed by atoms with van der Waals surface area (Å²) < 4.78 is 10.2. The lowest BCUT2D eigenvalue weighted by Crippen LogP contribution is -2.38. The molecule has 168 valence electrons. The Bertz CT molecular complexity index is 676. The average molecular weight is 420 g/mol. The monoisotopic (exact) mass is 419 g/mol. The summed E-state index contributed by atoms with van der Waals surface area (Å²) in [4.78, 5) is 37.6. The molecule has 6 nitrogen and oxygen atoms in total. The second-order valence-electron chi connectivity index (χ2n) is 8.35. The third-order valence-electron chi connectivity index (χ3n) is 4.46. The van der Waals surface area contributed by atoms with Crippen molar-refractivity contribution in [2.24, 2.45) is 5.92 Å². The van der Waals surface area contributed by atoms with E-state index in [-0.39, 0.29) is 12.2 Å². The number of unbranched alkanes of at least 4 members (excludes halogenated alkanes) is 5. The molecule has 1 aromatic carbocycles. The zero-order valence-corrected chi connectivity index (χ0v) is 19.1. The molecule has 1 unspecified atom stereocenters. The lowest BCUT2D eigenvalue weighted by Gasteiger charge is -2.22. The van der Waals surface area contributed by atoms with Gasteiger partial charge in [-0.15, -0.1) is 0 Å². The largest absolute Gasteiger partial charge is 0.465 e. The summed E-state index contributed by atoms with van der Waals surface area (Å²) >= 11 is 0. The Morgan fingerprint density at radius 1 is 0.900 bits per heavy atom. The highest BCUT2D eigenvalue weighted by molar-refractivity contribution is 6.20. The number of rotatable bonds is 13. The number of esters is 2. The maximum Gasteiger partial charge on any atom is 0.328 e. The lowest BCUT2D eigenvalue weighted by molar-refractivity contribution is -0.166. The summed E-state index contributed by atoms with van der Waals surface area (Å²) in [5.74, 6) is -4.02. The van der Waals surface area contributed by atoms with E-state index in [4.69, 9.17) is 9.47 Å². The highest BCUT2D eigenvalue weighted by Gasteiger charge is 2.39. The number of hydrogen-bond donors (Lipinski definition) is 1. The van der Waals surface area contributed by atoms with Crippen molar-refractivity contribution in [3.05, 3.63) is 29.8 Å². The molecule has 0 aliphatic heterocycles. The number of carbonyl (C=O) groups is 3. The van der Waals surface area contributed by atoms with E-state index in [0.717, 1.165) is 18.7 Å². The lowest BCUT2D eigenvalue weighted by atomic mass is 9.97. The maximum atomic E-state index is 12.9. The van der Waals surface area contributed by atoms with Crippen LogP contribution in [0.4, 0.5) is 5.69 Å². The minimum Gasteiger partial charge on any atom is -0.465 e.